The Kier molecular flexibility index (Phi) is 5.90. The lowest BCUT2D eigenvalue weighted by Crippen LogP contribution is -2.26. The number of aryl methyl sites for hydroxylation is 1. The summed E-state index contributed by atoms with van der Waals surface area (Å²) in [5.41, 5.74) is -2.84. The van der Waals surface area contributed by atoms with Gasteiger partial charge in [0.25, 0.3) is 0 Å². The van der Waals surface area contributed by atoms with Crippen LogP contribution in [-0.2, 0) is 4.79 Å². The zero-order chi connectivity index (χ0) is 24.2. The molecule has 2 heterocycles. The summed E-state index contributed by atoms with van der Waals surface area (Å²) in [7, 11) is 0. The van der Waals surface area contributed by atoms with Gasteiger partial charge in [-0.15, -0.1) is 0 Å². The van der Waals surface area contributed by atoms with E-state index in [2.05, 4.69) is 0 Å². The molecule has 0 bridgehead atoms. The topological polar surface area (TPSA) is 118 Å². The molecule has 170 valence electrons. The average Bonchev–Trinajstić information content (AvgIpc) is 2.74. The molecule has 0 saturated carbocycles. The van der Waals surface area contributed by atoms with Gasteiger partial charge in [0.1, 0.15) is 22.9 Å². The van der Waals surface area contributed by atoms with E-state index >= 15 is 0 Å². The van der Waals surface area contributed by atoms with Gasteiger partial charge < -0.3 is 19.0 Å². The predicted molar refractivity (Wildman–Crippen MR) is 125 cm³/mol. The van der Waals surface area contributed by atoms with E-state index in [4.69, 9.17) is 43.6 Å². The summed E-state index contributed by atoms with van der Waals surface area (Å²) in [6.45, 7) is 3.13. The van der Waals surface area contributed by atoms with Crippen LogP contribution in [0.15, 0.2) is 42.7 Å². The molecule has 0 spiro atoms. The summed E-state index contributed by atoms with van der Waals surface area (Å²) < 4.78 is 10.6. The highest BCUT2D eigenvalue weighted by Crippen LogP contribution is 2.42. The molecular weight excluding hydrogens is 495 g/mol. The van der Waals surface area contributed by atoms with E-state index in [-0.39, 0.29) is 43.4 Å². The first-order valence-corrected chi connectivity index (χ1v) is 10.8. The third-order valence-corrected chi connectivity index (χ3v) is 6.06. The summed E-state index contributed by atoms with van der Waals surface area (Å²) >= 11 is 18.2. The Hall–Kier alpha value is -3.00. The van der Waals surface area contributed by atoms with Gasteiger partial charge in [-0.1, -0.05) is 41.7 Å². The second-order valence-electron chi connectivity index (χ2n) is 7.42. The zero-order valence-electron chi connectivity index (χ0n) is 17.2. The van der Waals surface area contributed by atoms with Crippen LogP contribution in [-0.4, -0.2) is 16.0 Å². The Morgan fingerprint density at radius 3 is 1.91 bits per heavy atom. The van der Waals surface area contributed by atoms with Crippen LogP contribution in [0.3, 0.4) is 0 Å². The minimum Gasteiger partial charge on any atom is -0.507 e. The fourth-order valence-corrected chi connectivity index (χ4v) is 4.64. The van der Waals surface area contributed by atoms with E-state index in [1.54, 1.807) is 6.92 Å². The van der Waals surface area contributed by atoms with E-state index in [1.165, 1.54) is 31.2 Å². The SMILES string of the molecule is CCC(=O)C(c1c(O)c2cc(Cl)cc(C)c2oc1=O)c1c(O)c2cc(Cl)cc(Cl)c2oc1=O. The van der Waals surface area contributed by atoms with E-state index in [0.717, 1.165) is 0 Å². The standard InChI is InChI=1S/C23H15Cl3O7/c1-3-14(27)15(16-18(28)11-5-9(24)4-8(2)20(11)32-22(16)30)17-19(29)12-6-10(25)7-13(26)21(12)33-23(17)31/h4-7,15,28-29H,3H2,1-2H3. The number of hydrogen-bond acceptors (Lipinski definition) is 7. The number of benzene rings is 2. The first-order valence-electron chi connectivity index (χ1n) is 9.68. The Morgan fingerprint density at radius 2 is 1.36 bits per heavy atom. The molecule has 0 aliphatic heterocycles. The Bertz CT molecular complexity index is 1470. The molecule has 4 rings (SSSR count). The van der Waals surface area contributed by atoms with E-state index in [0.29, 0.717) is 5.56 Å². The van der Waals surface area contributed by atoms with Crippen molar-refractivity contribution in [2.24, 2.45) is 0 Å². The molecular formula is C23H15Cl3O7. The molecule has 0 fully saturated rings. The minimum absolute atomic E-state index is 0.0343. The van der Waals surface area contributed by atoms with E-state index in [9.17, 15) is 24.6 Å². The van der Waals surface area contributed by atoms with Crippen molar-refractivity contribution >= 4 is 62.5 Å². The summed E-state index contributed by atoms with van der Waals surface area (Å²) in [5, 5.41) is 22.4. The quantitative estimate of drug-likeness (QED) is 0.339. The van der Waals surface area contributed by atoms with Gasteiger partial charge in [0.2, 0.25) is 0 Å². The van der Waals surface area contributed by atoms with Crippen LogP contribution in [0.1, 0.15) is 36.0 Å². The lowest BCUT2D eigenvalue weighted by atomic mass is 9.86. The maximum atomic E-state index is 13.0. The number of fused-ring (bicyclic) bond motifs is 2. The van der Waals surface area contributed by atoms with Gasteiger partial charge in [-0.2, -0.15) is 0 Å². The fraction of sp³-hybridized carbons (Fsp3) is 0.174. The first-order chi connectivity index (χ1) is 15.5. The van der Waals surface area contributed by atoms with Crippen molar-refractivity contribution in [3.05, 3.63) is 76.9 Å². The smallest absolute Gasteiger partial charge is 0.344 e. The highest BCUT2D eigenvalue weighted by atomic mass is 35.5. The molecule has 33 heavy (non-hydrogen) atoms. The maximum absolute atomic E-state index is 13.0. The summed E-state index contributed by atoms with van der Waals surface area (Å²) in [4.78, 5) is 38.9. The van der Waals surface area contributed by atoms with Crippen molar-refractivity contribution in [1.82, 2.24) is 0 Å². The number of carbonyl (C=O) groups excluding carboxylic acids is 1. The fourth-order valence-electron chi connectivity index (χ4n) is 3.84. The van der Waals surface area contributed by atoms with Crippen LogP contribution < -0.4 is 11.3 Å². The highest BCUT2D eigenvalue weighted by molar-refractivity contribution is 6.38. The summed E-state index contributed by atoms with van der Waals surface area (Å²) in [6, 6.07) is 5.52. The predicted octanol–water partition coefficient (Wildman–Crippen LogP) is 5.69. The number of aromatic hydroxyl groups is 2. The molecule has 1 atom stereocenters. The van der Waals surface area contributed by atoms with Gasteiger partial charge in [0, 0.05) is 16.5 Å². The van der Waals surface area contributed by atoms with Gasteiger partial charge in [-0.25, -0.2) is 9.59 Å². The second-order valence-corrected chi connectivity index (χ2v) is 8.70. The number of halogens is 3. The molecule has 0 radical (unpaired) electrons. The molecule has 10 heteroatoms. The average molecular weight is 510 g/mol. The van der Waals surface area contributed by atoms with Crippen molar-refractivity contribution in [3.63, 3.8) is 0 Å². The molecule has 0 amide bonds. The number of ketones is 1. The molecule has 2 N–H and O–H groups in total. The Labute approximate surface area is 200 Å². The van der Waals surface area contributed by atoms with Gasteiger partial charge >= 0.3 is 11.3 Å². The van der Waals surface area contributed by atoms with Crippen molar-refractivity contribution < 1.29 is 23.8 Å². The van der Waals surface area contributed by atoms with Gasteiger partial charge in [0.15, 0.2) is 5.58 Å². The van der Waals surface area contributed by atoms with E-state index in [1.807, 2.05) is 0 Å². The first kappa shape index (κ1) is 23.2. The third kappa shape index (κ3) is 3.76. The van der Waals surface area contributed by atoms with Crippen LogP contribution in [0.2, 0.25) is 15.1 Å². The van der Waals surface area contributed by atoms with Crippen LogP contribution in [0.4, 0.5) is 0 Å². The Morgan fingerprint density at radius 1 is 0.879 bits per heavy atom. The molecule has 2 aromatic heterocycles. The third-order valence-electron chi connectivity index (χ3n) is 5.35. The molecule has 0 aliphatic carbocycles. The lowest BCUT2D eigenvalue weighted by Gasteiger charge is -2.18. The molecule has 4 aromatic rings. The number of hydrogen-bond donors (Lipinski definition) is 2. The molecule has 0 aliphatic rings. The van der Waals surface area contributed by atoms with Crippen molar-refractivity contribution in [2.45, 2.75) is 26.2 Å². The number of Topliss-reactive ketones (excluding diaryl/α,β-unsaturated/α-hetero) is 1. The van der Waals surface area contributed by atoms with Crippen molar-refractivity contribution in [2.75, 3.05) is 0 Å². The summed E-state index contributed by atoms with van der Waals surface area (Å²) in [5.74, 6) is -3.58. The van der Waals surface area contributed by atoms with Crippen LogP contribution in [0.25, 0.3) is 21.9 Å². The molecule has 0 saturated heterocycles. The second kappa shape index (κ2) is 8.41. The largest absolute Gasteiger partial charge is 0.507 e. The monoisotopic (exact) mass is 508 g/mol. The lowest BCUT2D eigenvalue weighted by molar-refractivity contribution is -0.119. The maximum Gasteiger partial charge on any atom is 0.344 e. The number of carbonyl (C=O) groups is 1. The van der Waals surface area contributed by atoms with E-state index < -0.39 is 45.6 Å². The van der Waals surface area contributed by atoms with Gasteiger partial charge in [-0.05, 0) is 36.8 Å². The molecule has 7 nitrogen and oxygen atoms in total. The van der Waals surface area contributed by atoms with Crippen molar-refractivity contribution in [1.29, 1.82) is 0 Å². The summed E-state index contributed by atoms with van der Waals surface area (Å²) in [6.07, 6.45) is -0.136. The minimum atomic E-state index is -1.69. The van der Waals surface area contributed by atoms with Crippen LogP contribution >= 0.6 is 34.8 Å². The van der Waals surface area contributed by atoms with Gasteiger partial charge in [0.05, 0.1) is 32.8 Å². The zero-order valence-corrected chi connectivity index (χ0v) is 19.4. The van der Waals surface area contributed by atoms with Crippen molar-refractivity contribution in [3.8, 4) is 11.5 Å². The molecule has 1 unspecified atom stereocenters. The Balaban J connectivity index is 2.14. The van der Waals surface area contributed by atoms with Crippen LogP contribution in [0.5, 0.6) is 11.5 Å². The van der Waals surface area contributed by atoms with Gasteiger partial charge in [-0.3, -0.25) is 4.79 Å². The highest BCUT2D eigenvalue weighted by Gasteiger charge is 2.35. The number of rotatable bonds is 4. The van der Waals surface area contributed by atoms with Crippen LogP contribution in [0, 0.1) is 6.92 Å². The molecule has 2 aromatic carbocycles. The normalized spacial score (nSPS) is 12.4.